The van der Waals surface area contributed by atoms with E-state index < -0.39 is 7.12 Å². The lowest BCUT2D eigenvalue weighted by Crippen LogP contribution is -2.30. The summed E-state index contributed by atoms with van der Waals surface area (Å²) >= 11 is 0. The first kappa shape index (κ1) is 10.5. The third kappa shape index (κ3) is 2.70. The van der Waals surface area contributed by atoms with Crippen molar-refractivity contribution in [3.63, 3.8) is 0 Å². The Morgan fingerprint density at radius 3 is 2.67 bits per heavy atom. The minimum absolute atomic E-state index is 0.381. The Balaban J connectivity index is 1.86. The summed E-state index contributed by atoms with van der Waals surface area (Å²) in [6.45, 7) is 0.716. The fourth-order valence-corrected chi connectivity index (χ4v) is 1.49. The van der Waals surface area contributed by atoms with E-state index >= 15 is 0 Å². The van der Waals surface area contributed by atoms with Gasteiger partial charge in [0.2, 0.25) is 5.88 Å². The first-order valence-corrected chi connectivity index (χ1v) is 5.20. The van der Waals surface area contributed by atoms with Crippen molar-refractivity contribution in [2.24, 2.45) is 5.92 Å². The highest BCUT2D eigenvalue weighted by Gasteiger charge is 2.18. The van der Waals surface area contributed by atoms with Crippen LogP contribution < -0.4 is 10.2 Å². The van der Waals surface area contributed by atoms with E-state index in [1.54, 1.807) is 12.1 Å². The van der Waals surface area contributed by atoms with Crippen LogP contribution >= 0.6 is 0 Å². The van der Waals surface area contributed by atoms with Gasteiger partial charge < -0.3 is 14.8 Å². The molecular formula is C10H14BNO3. The van der Waals surface area contributed by atoms with Crippen LogP contribution in [0, 0.1) is 5.92 Å². The number of nitrogens with zero attached hydrogens (tertiary/aromatic N) is 1. The van der Waals surface area contributed by atoms with Crippen LogP contribution in [0.1, 0.15) is 19.3 Å². The van der Waals surface area contributed by atoms with Crippen molar-refractivity contribution in [1.29, 1.82) is 0 Å². The van der Waals surface area contributed by atoms with E-state index in [4.69, 9.17) is 14.8 Å². The van der Waals surface area contributed by atoms with Crippen molar-refractivity contribution in [2.45, 2.75) is 19.3 Å². The second-order valence-electron chi connectivity index (χ2n) is 3.91. The van der Waals surface area contributed by atoms with Gasteiger partial charge in [-0.1, -0.05) is 12.5 Å². The molecule has 0 aliphatic heterocycles. The van der Waals surface area contributed by atoms with Crippen LogP contribution in [0.25, 0.3) is 0 Å². The van der Waals surface area contributed by atoms with E-state index in [1.807, 2.05) is 0 Å². The Hall–Kier alpha value is -1.07. The van der Waals surface area contributed by atoms with E-state index in [0.717, 1.165) is 0 Å². The Kier molecular flexibility index (Phi) is 3.23. The average molecular weight is 207 g/mol. The molecule has 1 saturated carbocycles. The van der Waals surface area contributed by atoms with Crippen LogP contribution in [-0.2, 0) is 0 Å². The van der Waals surface area contributed by atoms with Crippen molar-refractivity contribution in [3.8, 4) is 5.88 Å². The standard InChI is InChI=1S/C10H14BNO3/c13-11(14)9-4-5-10(12-6-9)15-7-8-2-1-3-8/h4-6,8,13-14H,1-3,7H2. The van der Waals surface area contributed by atoms with E-state index in [9.17, 15) is 0 Å². The van der Waals surface area contributed by atoms with Crippen LogP contribution in [0.15, 0.2) is 18.3 Å². The second kappa shape index (κ2) is 4.64. The van der Waals surface area contributed by atoms with Crippen molar-refractivity contribution in [2.75, 3.05) is 6.61 Å². The van der Waals surface area contributed by atoms with Crippen LogP contribution in [0.5, 0.6) is 5.88 Å². The van der Waals surface area contributed by atoms with Gasteiger partial charge in [0, 0.05) is 11.7 Å². The third-order valence-electron chi connectivity index (χ3n) is 2.75. The Labute approximate surface area is 89.1 Å². The predicted molar refractivity (Wildman–Crippen MR) is 56.9 cm³/mol. The van der Waals surface area contributed by atoms with Crippen molar-refractivity contribution in [1.82, 2.24) is 4.98 Å². The van der Waals surface area contributed by atoms with Gasteiger partial charge in [-0.2, -0.15) is 0 Å². The minimum atomic E-state index is -1.46. The lowest BCUT2D eigenvalue weighted by molar-refractivity contribution is 0.175. The van der Waals surface area contributed by atoms with Gasteiger partial charge in [0.15, 0.2) is 0 Å². The zero-order valence-electron chi connectivity index (χ0n) is 8.47. The number of pyridine rings is 1. The van der Waals surface area contributed by atoms with Crippen molar-refractivity contribution in [3.05, 3.63) is 18.3 Å². The van der Waals surface area contributed by atoms with Gasteiger partial charge in [0.25, 0.3) is 0 Å². The normalized spacial score (nSPS) is 15.9. The fourth-order valence-electron chi connectivity index (χ4n) is 1.49. The monoisotopic (exact) mass is 207 g/mol. The molecular weight excluding hydrogens is 193 g/mol. The highest BCUT2D eigenvalue weighted by Crippen LogP contribution is 2.26. The van der Waals surface area contributed by atoms with Gasteiger partial charge in [-0.25, -0.2) is 4.98 Å². The van der Waals surface area contributed by atoms with Gasteiger partial charge >= 0.3 is 7.12 Å². The second-order valence-corrected chi connectivity index (χ2v) is 3.91. The van der Waals surface area contributed by atoms with Crippen molar-refractivity contribution < 1.29 is 14.8 Å². The summed E-state index contributed by atoms with van der Waals surface area (Å²) in [7, 11) is -1.46. The van der Waals surface area contributed by atoms with Crippen LogP contribution in [-0.4, -0.2) is 28.8 Å². The molecule has 0 radical (unpaired) electrons. The minimum Gasteiger partial charge on any atom is -0.477 e. The quantitative estimate of drug-likeness (QED) is 0.679. The molecule has 2 N–H and O–H groups in total. The molecule has 0 atom stereocenters. The molecule has 0 spiro atoms. The number of aromatic nitrogens is 1. The smallest absolute Gasteiger partial charge is 0.477 e. The molecule has 15 heavy (non-hydrogen) atoms. The summed E-state index contributed by atoms with van der Waals surface area (Å²) in [6.07, 6.45) is 5.21. The maximum atomic E-state index is 8.85. The third-order valence-corrected chi connectivity index (χ3v) is 2.75. The molecule has 4 nitrogen and oxygen atoms in total. The number of hydrogen-bond donors (Lipinski definition) is 2. The molecule has 1 fully saturated rings. The molecule has 1 aliphatic carbocycles. The highest BCUT2D eigenvalue weighted by molar-refractivity contribution is 6.58. The summed E-state index contributed by atoms with van der Waals surface area (Å²) in [6, 6.07) is 3.27. The summed E-state index contributed by atoms with van der Waals surface area (Å²) in [4.78, 5) is 3.99. The molecule has 0 saturated heterocycles. The van der Waals surface area contributed by atoms with Gasteiger partial charge in [0.05, 0.1) is 6.61 Å². The van der Waals surface area contributed by atoms with Crippen LogP contribution in [0.3, 0.4) is 0 Å². The maximum Gasteiger partial charge on any atom is 0.490 e. The summed E-state index contributed by atoms with van der Waals surface area (Å²) in [5.41, 5.74) is 0.381. The molecule has 2 rings (SSSR count). The summed E-state index contributed by atoms with van der Waals surface area (Å²) in [5.74, 6) is 1.22. The first-order valence-electron chi connectivity index (χ1n) is 5.20. The van der Waals surface area contributed by atoms with Gasteiger partial charge in [-0.05, 0) is 24.8 Å². The molecule has 80 valence electrons. The molecule has 0 unspecified atom stereocenters. The van der Waals surface area contributed by atoms with E-state index in [1.165, 1.54) is 25.5 Å². The molecule has 0 aromatic carbocycles. The molecule has 1 heterocycles. The first-order chi connectivity index (χ1) is 7.25. The van der Waals surface area contributed by atoms with E-state index in [0.29, 0.717) is 23.9 Å². The zero-order valence-corrected chi connectivity index (χ0v) is 8.47. The van der Waals surface area contributed by atoms with Gasteiger partial charge in [0.1, 0.15) is 0 Å². The number of hydrogen-bond acceptors (Lipinski definition) is 4. The molecule has 0 bridgehead atoms. The topological polar surface area (TPSA) is 62.6 Å². The predicted octanol–water partition coefficient (Wildman–Crippen LogP) is -0.0597. The van der Waals surface area contributed by atoms with Crippen molar-refractivity contribution >= 4 is 12.6 Å². The van der Waals surface area contributed by atoms with E-state index in [2.05, 4.69) is 4.98 Å². The number of rotatable bonds is 4. The van der Waals surface area contributed by atoms with Crippen LogP contribution in [0.2, 0.25) is 0 Å². The highest BCUT2D eigenvalue weighted by atomic mass is 16.5. The summed E-state index contributed by atoms with van der Waals surface area (Å²) < 4.78 is 5.47. The molecule has 5 heteroatoms. The zero-order chi connectivity index (χ0) is 10.7. The Morgan fingerprint density at radius 1 is 1.40 bits per heavy atom. The van der Waals surface area contributed by atoms with Gasteiger partial charge in [-0.15, -0.1) is 0 Å². The molecule has 1 aliphatic rings. The largest absolute Gasteiger partial charge is 0.490 e. The van der Waals surface area contributed by atoms with Crippen LogP contribution in [0.4, 0.5) is 0 Å². The fraction of sp³-hybridized carbons (Fsp3) is 0.500. The lowest BCUT2D eigenvalue weighted by Gasteiger charge is -2.24. The van der Waals surface area contributed by atoms with Gasteiger partial charge in [-0.3, -0.25) is 0 Å². The van der Waals surface area contributed by atoms with E-state index in [-0.39, 0.29) is 0 Å². The number of ether oxygens (including phenoxy) is 1. The average Bonchev–Trinajstić information content (AvgIpc) is 2.16. The maximum absolute atomic E-state index is 8.85. The molecule has 0 amide bonds. The summed E-state index contributed by atoms with van der Waals surface area (Å²) in [5, 5.41) is 17.7. The molecule has 1 aromatic heterocycles. The SMILES string of the molecule is OB(O)c1ccc(OCC2CCC2)nc1. The molecule has 1 aromatic rings. The Bertz CT molecular complexity index is 311. The lowest BCUT2D eigenvalue weighted by atomic mass is 9.82. The Morgan fingerprint density at radius 2 is 2.20 bits per heavy atom.